The summed E-state index contributed by atoms with van der Waals surface area (Å²) in [6.07, 6.45) is -0.335. The van der Waals surface area contributed by atoms with E-state index in [1.165, 1.54) is 37.3 Å². The molecule has 0 saturated heterocycles. The van der Waals surface area contributed by atoms with E-state index in [0.717, 1.165) is 17.7 Å². The maximum Gasteiger partial charge on any atom is 0.341 e. The van der Waals surface area contributed by atoms with E-state index >= 15 is 0 Å². The number of fused-ring (bicyclic) bond motifs is 2. The maximum atomic E-state index is 13.1. The third-order valence-corrected chi connectivity index (χ3v) is 7.36. The standard InChI is InChI=1S/C26H24N2O7S/c1-17(25(29)28-13-12-18-6-2-5-9-22(18)28)35-26(30)20-7-3-4-8-21(20)27-36(31,32)19-10-11-23-24(16-19)34-15-14-33-23/h2-11,16-17,27H,12-15H2,1H3/t17-/m1/s1. The first-order valence-electron chi connectivity index (χ1n) is 11.5. The van der Waals surface area contributed by atoms with Crippen molar-refractivity contribution in [1.29, 1.82) is 0 Å². The molecule has 0 aliphatic carbocycles. The monoisotopic (exact) mass is 508 g/mol. The summed E-state index contributed by atoms with van der Waals surface area (Å²) in [5.41, 5.74) is 1.88. The second-order valence-electron chi connectivity index (χ2n) is 8.37. The van der Waals surface area contributed by atoms with Crippen LogP contribution in [0.25, 0.3) is 0 Å². The Morgan fingerprint density at radius 3 is 2.53 bits per heavy atom. The lowest BCUT2D eigenvalue weighted by Gasteiger charge is -2.22. The lowest BCUT2D eigenvalue weighted by atomic mass is 10.2. The van der Waals surface area contributed by atoms with Gasteiger partial charge in [-0.2, -0.15) is 0 Å². The molecule has 0 bridgehead atoms. The first kappa shape index (κ1) is 23.7. The van der Waals surface area contributed by atoms with E-state index in [2.05, 4.69) is 4.72 Å². The minimum atomic E-state index is -4.06. The van der Waals surface area contributed by atoms with Crippen LogP contribution in [0.2, 0.25) is 0 Å². The summed E-state index contributed by atoms with van der Waals surface area (Å²) in [5, 5.41) is 0. The van der Waals surface area contributed by atoms with E-state index in [1.54, 1.807) is 17.0 Å². The Kier molecular flexibility index (Phi) is 6.27. The molecule has 0 radical (unpaired) electrons. The van der Waals surface area contributed by atoms with Gasteiger partial charge in [-0.25, -0.2) is 13.2 Å². The van der Waals surface area contributed by atoms with Crippen molar-refractivity contribution >= 4 is 33.3 Å². The molecule has 186 valence electrons. The van der Waals surface area contributed by atoms with Gasteiger partial charge in [0.05, 0.1) is 16.1 Å². The van der Waals surface area contributed by atoms with Crippen LogP contribution in [0.5, 0.6) is 11.5 Å². The first-order chi connectivity index (χ1) is 17.3. The van der Waals surface area contributed by atoms with Gasteiger partial charge in [-0.1, -0.05) is 30.3 Å². The van der Waals surface area contributed by atoms with Crippen LogP contribution in [0, 0.1) is 0 Å². The van der Waals surface area contributed by atoms with Crippen LogP contribution < -0.4 is 19.1 Å². The van der Waals surface area contributed by atoms with Crippen molar-refractivity contribution in [3.8, 4) is 11.5 Å². The highest BCUT2D eigenvalue weighted by Crippen LogP contribution is 2.33. The molecule has 1 N–H and O–H groups in total. The number of benzene rings is 3. The number of hydrogen-bond donors (Lipinski definition) is 1. The van der Waals surface area contributed by atoms with E-state index < -0.39 is 22.1 Å². The number of nitrogens with one attached hydrogen (secondary N) is 1. The Morgan fingerprint density at radius 2 is 1.69 bits per heavy atom. The number of sulfonamides is 1. The third-order valence-electron chi connectivity index (χ3n) is 6.00. The Hall–Kier alpha value is -4.05. The Bertz CT molecular complexity index is 1440. The summed E-state index contributed by atoms with van der Waals surface area (Å²) in [5.74, 6) is -0.373. The van der Waals surface area contributed by atoms with Crippen LogP contribution >= 0.6 is 0 Å². The van der Waals surface area contributed by atoms with Crippen LogP contribution in [0.4, 0.5) is 11.4 Å². The SMILES string of the molecule is C[C@@H](OC(=O)c1ccccc1NS(=O)(=O)c1ccc2c(c1)OCCO2)C(=O)N1CCc2ccccc21. The summed E-state index contributed by atoms with van der Waals surface area (Å²) in [4.78, 5) is 27.5. The first-order valence-corrected chi connectivity index (χ1v) is 12.9. The van der Waals surface area contributed by atoms with Gasteiger partial charge in [0, 0.05) is 18.3 Å². The number of carbonyl (C=O) groups excluding carboxylic acids is 2. The quantitative estimate of drug-likeness (QED) is 0.508. The summed E-state index contributed by atoms with van der Waals surface area (Å²) in [6.45, 7) is 2.71. The summed E-state index contributed by atoms with van der Waals surface area (Å²) < 4.78 is 44.9. The largest absolute Gasteiger partial charge is 0.486 e. The fourth-order valence-electron chi connectivity index (χ4n) is 4.21. The number of rotatable bonds is 6. The number of hydrogen-bond acceptors (Lipinski definition) is 7. The van der Waals surface area contributed by atoms with Crippen molar-refractivity contribution in [3.05, 3.63) is 77.9 Å². The maximum absolute atomic E-state index is 13.1. The van der Waals surface area contributed by atoms with Crippen LogP contribution in [0.1, 0.15) is 22.8 Å². The highest BCUT2D eigenvalue weighted by molar-refractivity contribution is 7.92. The molecule has 2 aliphatic heterocycles. The zero-order valence-electron chi connectivity index (χ0n) is 19.5. The van der Waals surface area contributed by atoms with Crippen molar-refractivity contribution in [1.82, 2.24) is 0 Å². The van der Waals surface area contributed by atoms with Gasteiger partial charge in [-0.3, -0.25) is 9.52 Å². The topological polar surface area (TPSA) is 111 Å². The van der Waals surface area contributed by atoms with Gasteiger partial charge in [0.25, 0.3) is 15.9 Å². The fraction of sp³-hybridized carbons (Fsp3) is 0.231. The number of nitrogens with zero attached hydrogens (tertiary/aromatic N) is 1. The molecule has 1 amide bonds. The van der Waals surface area contributed by atoms with E-state index in [4.69, 9.17) is 14.2 Å². The highest BCUT2D eigenvalue weighted by atomic mass is 32.2. The van der Waals surface area contributed by atoms with Crippen LogP contribution in [-0.2, 0) is 26.0 Å². The summed E-state index contributed by atoms with van der Waals surface area (Å²) in [7, 11) is -4.06. The predicted molar refractivity (Wildman–Crippen MR) is 132 cm³/mol. The molecule has 2 heterocycles. The highest BCUT2D eigenvalue weighted by Gasteiger charge is 2.31. The van der Waals surface area contributed by atoms with Crippen molar-refractivity contribution in [2.75, 3.05) is 29.4 Å². The Balaban J connectivity index is 1.32. The molecule has 2 aliphatic rings. The number of esters is 1. The molecule has 0 saturated carbocycles. The van der Waals surface area contributed by atoms with E-state index in [0.29, 0.717) is 31.3 Å². The molecule has 10 heteroatoms. The average molecular weight is 509 g/mol. The molecule has 0 unspecified atom stereocenters. The zero-order valence-corrected chi connectivity index (χ0v) is 20.3. The second kappa shape index (κ2) is 9.54. The van der Waals surface area contributed by atoms with Gasteiger partial charge in [-0.15, -0.1) is 0 Å². The lowest BCUT2D eigenvalue weighted by molar-refractivity contribution is -0.126. The number of ether oxygens (including phenoxy) is 3. The Morgan fingerprint density at radius 1 is 0.972 bits per heavy atom. The van der Waals surface area contributed by atoms with Crippen molar-refractivity contribution in [2.24, 2.45) is 0 Å². The van der Waals surface area contributed by atoms with Crippen molar-refractivity contribution in [3.63, 3.8) is 0 Å². The third kappa shape index (κ3) is 4.59. The molecule has 3 aromatic carbocycles. The zero-order chi connectivity index (χ0) is 25.3. The molecule has 36 heavy (non-hydrogen) atoms. The van der Waals surface area contributed by atoms with E-state index in [1.807, 2.05) is 24.3 Å². The van der Waals surface area contributed by atoms with Gasteiger partial charge in [0.2, 0.25) is 0 Å². The predicted octanol–water partition coefficient (Wildman–Crippen LogP) is 3.39. The molecule has 0 fully saturated rings. The second-order valence-corrected chi connectivity index (χ2v) is 10.1. The van der Waals surface area contributed by atoms with Gasteiger partial charge in [0.1, 0.15) is 13.2 Å². The molecule has 3 aromatic rings. The minimum absolute atomic E-state index is 0.0138. The Labute approximate surface area is 208 Å². The molecule has 5 rings (SSSR count). The van der Waals surface area contributed by atoms with Crippen molar-refractivity contribution in [2.45, 2.75) is 24.3 Å². The fourth-order valence-corrected chi connectivity index (χ4v) is 5.30. The molecular weight excluding hydrogens is 484 g/mol. The molecular formula is C26H24N2O7S. The number of para-hydroxylation sites is 2. The lowest BCUT2D eigenvalue weighted by Crippen LogP contribution is -2.39. The smallest absolute Gasteiger partial charge is 0.341 e. The van der Waals surface area contributed by atoms with E-state index in [9.17, 15) is 18.0 Å². The molecule has 0 aromatic heterocycles. The van der Waals surface area contributed by atoms with Gasteiger partial charge >= 0.3 is 5.97 Å². The average Bonchev–Trinajstić information content (AvgIpc) is 3.32. The van der Waals surface area contributed by atoms with Crippen LogP contribution in [0.15, 0.2) is 71.6 Å². The van der Waals surface area contributed by atoms with E-state index in [-0.39, 0.29) is 22.1 Å². The minimum Gasteiger partial charge on any atom is -0.486 e. The van der Waals surface area contributed by atoms with Crippen LogP contribution in [-0.4, -0.2) is 46.2 Å². The van der Waals surface area contributed by atoms with Crippen LogP contribution in [0.3, 0.4) is 0 Å². The van der Waals surface area contributed by atoms with Crippen molar-refractivity contribution < 1.29 is 32.2 Å². The van der Waals surface area contributed by atoms with Gasteiger partial charge in [0.15, 0.2) is 17.6 Å². The number of carbonyl (C=O) groups is 2. The summed E-state index contributed by atoms with van der Waals surface area (Å²) in [6, 6.07) is 17.9. The molecule has 9 nitrogen and oxygen atoms in total. The number of anilines is 2. The number of amides is 1. The summed E-state index contributed by atoms with van der Waals surface area (Å²) >= 11 is 0. The molecule has 0 spiro atoms. The van der Waals surface area contributed by atoms with Gasteiger partial charge < -0.3 is 19.1 Å². The normalized spacial score (nSPS) is 15.1. The molecule has 1 atom stereocenters. The van der Waals surface area contributed by atoms with Gasteiger partial charge in [-0.05, 0) is 49.2 Å².